The van der Waals surface area contributed by atoms with E-state index in [1.165, 1.54) is 12.4 Å². The lowest BCUT2D eigenvalue weighted by Gasteiger charge is -2.10. The molecule has 2 aliphatic rings. The van der Waals surface area contributed by atoms with Crippen molar-refractivity contribution >= 4 is 48.2 Å². The van der Waals surface area contributed by atoms with Gasteiger partial charge in [-0.05, 0) is 39.2 Å². The van der Waals surface area contributed by atoms with Gasteiger partial charge in [-0.2, -0.15) is 14.3 Å². The molecule has 6 rings (SSSR count). The molecule has 5 heterocycles. The van der Waals surface area contributed by atoms with Crippen LogP contribution in [0.3, 0.4) is 0 Å². The van der Waals surface area contributed by atoms with E-state index < -0.39 is 19.9 Å². The van der Waals surface area contributed by atoms with E-state index in [2.05, 4.69) is 30.7 Å². The van der Waals surface area contributed by atoms with Gasteiger partial charge >= 0.3 is 0 Å². The lowest BCUT2D eigenvalue weighted by atomic mass is 10.2. The van der Waals surface area contributed by atoms with Crippen LogP contribution >= 0.6 is 0 Å². The Morgan fingerprint density at radius 3 is 2.63 bits per heavy atom. The van der Waals surface area contributed by atoms with Gasteiger partial charge in [0.25, 0.3) is 10.0 Å². The highest BCUT2D eigenvalue weighted by Gasteiger charge is 2.37. The van der Waals surface area contributed by atoms with Crippen LogP contribution in [0.1, 0.15) is 39.2 Å². The lowest BCUT2D eigenvalue weighted by molar-refractivity contribution is 0.551. The zero-order chi connectivity index (χ0) is 26.7. The minimum absolute atomic E-state index is 0.0599. The second kappa shape index (κ2) is 9.01. The van der Waals surface area contributed by atoms with Gasteiger partial charge in [0.2, 0.25) is 0 Å². The summed E-state index contributed by atoms with van der Waals surface area (Å²) in [6.45, 7) is 4.04. The average molecular weight is 558 g/mol. The number of nitrogens with zero attached hydrogens (tertiary/aromatic N) is 7. The Balaban J connectivity index is 1.26. The van der Waals surface area contributed by atoms with E-state index in [0.29, 0.717) is 48.1 Å². The highest BCUT2D eigenvalue weighted by molar-refractivity contribution is 7.91. The minimum atomic E-state index is -3.47. The van der Waals surface area contributed by atoms with Crippen LogP contribution in [0.5, 0.6) is 0 Å². The maximum Gasteiger partial charge on any atom is 0.256 e. The third-order valence-electron chi connectivity index (χ3n) is 6.59. The number of nitrogens with one attached hydrogen (secondary N) is 2. The Hall–Kier alpha value is -3.59. The molecule has 1 unspecified atom stereocenters. The highest BCUT2D eigenvalue weighted by Crippen LogP contribution is 2.31. The van der Waals surface area contributed by atoms with E-state index in [1.54, 1.807) is 18.5 Å². The van der Waals surface area contributed by atoms with Crippen molar-refractivity contribution in [3.8, 4) is 11.4 Å². The van der Waals surface area contributed by atoms with Crippen molar-refractivity contribution in [1.82, 2.24) is 33.9 Å². The predicted octanol–water partition coefficient (Wildman–Crippen LogP) is 2.35. The molecule has 2 N–H and O–H groups in total. The SMILES string of the molecule is CC(C)n1nc(NC2CCS(=O)(=O)C2)c2cnc(Nc3ccnc(-c4cnn(S(=O)(=O)C5CC5)c4)n3)cc21. The number of sulfone groups is 1. The predicted molar refractivity (Wildman–Crippen MR) is 142 cm³/mol. The second-order valence-corrected chi connectivity index (χ2v) is 14.3. The summed E-state index contributed by atoms with van der Waals surface area (Å²) in [6.07, 6.45) is 8.00. The van der Waals surface area contributed by atoms with Gasteiger partial charge in [0.1, 0.15) is 11.6 Å². The molecular formula is C23H27N9O4S2. The lowest BCUT2D eigenvalue weighted by Crippen LogP contribution is -2.21. The Kier molecular flexibility index (Phi) is 5.86. The molecule has 2 fully saturated rings. The number of aromatic nitrogens is 7. The van der Waals surface area contributed by atoms with Gasteiger partial charge in [-0.1, -0.05) is 0 Å². The van der Waals surface area contributed by atoms with Crippen LogP contribution < -0.4 is 10.6 Å². The van der Waals surface area contributed by atoms with Gasteiger partial charge in [0, 0.05) is 30.5 Å². The number of hydrogen-bond donors (Lipinski definition) is 2. The third-order valence-corrected chi connectivity index (χ3v) is 10.4. The first-order chi connectivity index (χ1) is 18.1. The van der Waals surface area contributed by atoms with Crippen LogP contribution in [0.25, 0.3) is 22.3 Å². The topological polar surface area (TPSA) is 167 Å². The summed E-state index contributed by atoms with van der Waals surface area (Å²) in [4.78, 5) is 13.3. The molecule has 0 radical (unpaired) electrons. The van der Waals surface area contributed by atoms with E-state index >= 15 is 0 Å². The molecule has 0 spiro atoms. The normalized spacial score (nSPS) is 19.3. The Morgan fingerprint density at radius 2 is 1.92 bits per heavy atom. The molecule has 0 bridgehead atoms. The minimum Gasteiger partial charge on any atom is -0.364 e. The van der Waals surface area contributed by atoms with E-state index in [4.69, 9.17) is 5.10 Å². The van der Waals surface area contributed by atoms with Crippen LogP contribution in [0, 0.1) is 0 Å². The molecule has 4 aromatic rings. The van der Waals surface area contributed by atoms with E-state index in [9.17, 15) is 16.8 Å². The number of fused-ring (bicyclic) bond motifs is 1. The van der Waals surface area contributed by atoms with E-state index in [-0.39, 0.29) is 28.8 Å². The summed E-state index contributed by atoms with van der Waals surface area (Å²) in [6, 6.07) is 3.43. The average Bonchev–Trinajstić information content (AvgIpc) is 3.36. The Labute approximate surface area is 219 Å². The molecule has 1 aliphatic heterocycles. The van der Waals surface area contributed by atoms with Crippen molar-refractivity contribution in [2.75, 3.05) is 22.1 Å². The first kappa shape index (κ1) is 24.7. The standard InChI is InChI=1S/C23H27N9O4S2/c1-14(2)32-19-9-21(25-11-18(19)23(30-32)27-16-6-8-37(33,34)13-16)28-20-5-7-24-22(29-20)15-10-26-31(12-15)38(35,36)17-3-4-17/h5,7,9-12,14,16-17H,3-4,6,8,13H2,1-2H3,(H,27,30)(H,24,25,28,29). The molecule has 15 heteroatoms. The summed E-state index contributed by atoms with van der Waals surface area (Å²) < 4.78 is 51.6. The van der Waals surface area contributed by atoms with Crippen molar-refractivity contribution in [3.05, 3.63) is 36.9 Å². The summed E-state index contributed by atoms with van der Waals surface area (Å²) >= 11 is 0. The van der Waals surface area contributed by atoms with Gasteiger partial charge in [-0.25, -0.2) is 31.8 Å². The smallest absolute Gasteiger partial charge is 0.256 e. The molecule has 1 saturated carbocycles. The van der Waals surface area contributed by atoms with Crippen LogP contribution in [-0.2, 0) is 19.9 Å². The maximum absolute atomic E-state index is 12.5. The van der Waals surface area contributed by atoms with Gasteiger partial charge in [0.05, 0.1) is 45.6 Å². The monoisotopic (exact) mass is 557 g/mol. The number of pyridine rings is 1. The fourth-order valence-corrected chi connectivity index (χ4v) is 7.63. The van der Waals surface area contributed by atoms with Gasteiger partial charge in [-0.3, -0.25) is 4.68 Å². The van der Waals surface area contributed by atoms with Gasteiger partial charge < -0.3 is 10.6 Å². The molecule has 1 aliphatic carbocycles. The van der Waals surface area contributed by atoms with Crippen LogP contribution in [0.15, 0.2) is 36.9 Å². The zero-order valence-corrected chi connectivity index (χ0v) is 22.4. The van der Waals surface area contributed by atoms with Crippen molar-refractivity contribution in [3.63, 3.8) is 0 Å². The van der Waals surface area contributed by atoms with Crippen molar-refractivity contribution in [2.24, 2.45) is 0 Å². The van der Waals surface area contributed by atoms with Crippen LogP contribution in [0.4, 0.5) is 17.5 Å². The molecule has 13 nitrogen and oxygen atoms in total. The zero-order valence-electron chi connectivity index (χ0n) is 20.8. The van der Waals surface area contributed by atoms with Gasteiger partial charge in [0.15, 0.2) is 21.5 Å². The second-order valence-electron chi connectivity index (χ2n) is 9.95. The van der Waals surface area contributed by atoms with Crippen LogP contribution in [-0.4, -0.2) is 73.6 Å². The molecule has 1 saturated heterocycles. The largest absolute Gasteiger partial charge is 0.364 e. The molecule has 1 atom stereocenters. The molecule has 4 aromatic heterocycles. The molecule has 200 valence electrons. The third kappa shape index (κ3) is 4.71. The van der Waals surface area contributed by atoms with Crippen molar-refractivity contribution in [1.29, 1.82) is 0 Å². The summed E-state index contributed by atoms with van der Waals surface area (Å²) in [5, 5.41) is 15.6. The Morgan fingerprint density at radius 1 is 1.11 bits per heavy atom. The quantitative estimate of drug-likeness (QED) is 0.326. The number of anilines is 3. The van der Waals surface area contributed by atoms with Crippen LogP contribution in [0.2, 0.25) is 0 Å². The first-order valence-corrected chi connectivity index (χ1v) is 15.7. The molecular weight excluding hydrogens is 530 g/mol. The summed E-state index contributed by atoms with van der Waals surface area (Å²) in [7, 11) is -6.49. The van der Waals surface area contributed by atoms with Crippen molar-refractivity contribution < 1.29 is 16.8 Å². The molecule has 0 amide bonds. The number of rotatable bonds is 8. The molecule has 0 aromatic carbocycles. The van der Waals surface area contributed by atoms with E-state index in [1.807, 2.05) is 24.6 Å². The first-order valence-electron chi connectivity index (χ1n) is 12.3. The van der Waals surface area contributed by atoms with E-state index in [0.717, 1.165) is 15.0 Å². The Bertz CT molecular complexity index is 1740. The maximum atomic E-state index is 12.5. The molecule has 38 heavy (non-hydrogen) atoms. The van der Waals surface area contributed by atoms with Gasteiger partial charge in [-0.15, -0.1) is 0 Å². The number of hydrogen-bond acceptors (Lipinski definition) is 11. The highest BCUT2D eigenvalue weighted by atomic mass is 32.2. The summed E-state index contributed by atoms with van der Waals surface area (Å²) in [5.74, 6) is 2.22. The summed E-state index contributed by atoms with van der Waals surface area (Å²) in [5.41, 5.74) is 1.32. The van der Waals surface area contributed by atoms with Crippen molar-refractivity contribution in [2.45, 2.75) is 50.4 Å². The fourth-order valence-electron chi connectivity index (χ4n) is 4.48. The fraction of sp³-hybridized carbons (Fsp3) is 0.435.